The Balaban J connectivity index is 2.04. The van der Waals surface area contributed by atoms with Crippen molar-refractivity contribution in [1.82, 2.24) is 10.3 Å². The zero-order chi connectivity index (χ0) is 13.7. The van der Waals surface area contributed by atoms with E-state index in [-0.39, 0.29) is 0 Å². The van der Waals surface area contributed by atoms with Gasteiger partial charge in [0.05, 0.1) is 5.02 Å². The van der Waals surface area contributed by atoms with Gasteiger partial charge in [0.1, 0.15) is 0 Å². The normalized spacial score (nSPS) is 27.4. The van der Waals surface area contributed by atoms with Crippen molar-refractivity contribution < 1.29 is 0 Å². The highest BCUT2D eigenvalue weighted by Gasteiger charge is 2.29. The molecule has 1 aliphatic rings. The molecular formula is C16H25ClN2. The third-order valence-corrected chi connectivity index (χ3v) is 4.84. The smallest absolute Gasteiger partial charge is 0.0621 e. The molecule has 3 atom stereocenters. The number of rotatable bonds is 5. The van der Waals surface area contributed by atoms with Crippen LogP contribution in [0.3, 0.4) is 0 Å². The van der Waals surface area contributed by atoms with Gasteiger partial charge < -0.3 is 5.32 Å². The van der Waals surface area contributed by atoms with Gasteiger partial charge in [0.15, 0.2) is 0 Å². The molecule has 19 heavy (non-hydrogen) atoms. The molecule has 3 unspecified atom stereocenters. The summed E-state index contributed by atoms with van der Waals surface area (Å²) in [6.45, 7) is 2.29. The van der Waals surface area contributed by atoms with Crippen LogP contribution in [-0.2, 0) is 6.42 Å². The predicted octanol–water partition coefficient (Wildman–Crippen LogP) is 4.08. The lowest BCUT2D eigenvalue weighted by molar-refractivity contribution is 0.200. The summed E-state index contributed by atoms with van der Waals surface area (Å²) in [4.78, 5) is 4.07. The van der Waals surface area contributed by atoms with Crippen molar-refractivity contribution in [3.63, 3.8) is 0 Å². The fraction of sp³-hybridized carbons (Fsp3) is 0.688. The third-order valence-electron chi connectivity index (χ3n) is 4.50. The van der Waals surface area contributed by atoms with Crippen molar-refractivity contribution >= 4 is 11.6 Å². The summed E-state index contributed by atoms with van der Waals surface area (Å²) in [5.41, 5.74) is 1.25. The van der Waals surface area contributed by atoms with E-state index in [2.05, 4.69) is 30.3 Å². The number of hydrogen-bond donors (Lipinski definition) is 1. The van der Waals surface area contributed by atoms with E-state index in [0.717, 1.165) is 17.4 Å². The van der Waals surface area contributed by atoms with E-state index in [9.17, 15) is 0 Å². The highest BCUT2D eigenvalue weighted by Crippen LogP contribution is 2.35. The van der Waals surface area contributed by atoms with E-state index in [1.165, 1.54) is 37.7 Å². The van der Waals surface area contributed by atoms with Crippen molar-refractivity contribution in [2.75, 3.05) is 7.05 Å². The Hall–Kier alpha value is -0.600. The molecule has 0 aliphatic heterocycles. The van der Waals surface area contributed by atoms with E-state index in [1.54, 1.807) is 6.20 Å². The molecule has 0 saturated heterocycles. The van der Waals surface area contributed by atoms with E-state index >= 15 is 0 Å². The Kier molecular flexibility index (Phi) is 5.65. The molecule has 1 saturated carbocycles. The van der Waals surface area contributed by atoms with Crippen LogP contribution >= 0.6 is 11.6 Å². The molecule has 106 valence electrons. The molecule has 1 aromatic rings. The zero-order valence-electron chi connectivity index (χ0n) is 12.0. The van der Waals surface area contributed by atoms with Crippen molar-refractivity contribution in [2.24, 2.45) is 11.8 Å². The quantitative estimate of drug-likeness (QED) is 0.879. The van der Waals surface area contributed by atoms with E-state index in [4.69, 9.17) is 11.6 Å². The van der Waals surface area contributed by atoms with Crippen LogP contribution in [0, 0.1) is 11.8 Å². The van der Waals surface area contributed by atoms with Gasteiger partial charge in [-0.05, 0) is 56.2 Å². The van der Waals surface area contributed by atoms with Crippen LogP contribution in [0.2, 0.25) is 5.02 Å². The van der Waals surface area contributed by atoms with Gasteiger partial charge in [0.2, 0.25) is 0 Å². The number of nitrogens with one attached hydrogen (secondary N) is 1. The second-order valence-electron chi connectivity index (χ2n) is 5.79. The Morgan fingerprint density at radius 2 is 2.26 bits per heavy atom. The minimum absolute atomic E-state index is 0.636. The van der Waals surface area contributed by atoms with Gasteiger partial charge in [-0.25, -0.2) is 0 Å². The maximum atomic E-state index is 6.25. The van der Waals surface area contributed by atoms with Gasteiger partial charge in [-0.1, -0.05) is 31.4 Å². The lowest BCUT2D eigenvalue weighted by Crippen LogP contribution is -2.39. The van der Waals surface area contributed by atoms with Gasteiger partial charge in [0, 0.05) is 18.4 Å². The van der Waals surface area contributed by atoms with Crippen molar-refractivity contribution in [3.8, 4) is 0 Å². The summed E-state index contributed by atoms with van der Waals surface area (Å²) in [5.74, 6) is 1.61. The molecule has 2 rings (SSSR count). The molecule has 0 bridgehead atoms. The van der Waals surface area contributed by atoms with Gasteiger partial charge in [-0.3, -0.25) is 4.98 Å². The molecule has 1 fully saturated rings. The summed E-state index contributed by atoms with van der Waals surface area (Å²) < 4.78 is 0. The first kappa shape index (κ1) is 14.8. The van der Waals surface area contributed by atoms with Crippen LogP contribution in [-0.4, -0.2) is 18.1 Å². The van der Waals surface area contributed by atoms with Gasteiger partial charge in [0.25, 0.3) is 0 Å². The number of hydrogen-bond acceptors (Lipinski definition) is 2. The molecule has 2 nitrogen and oxygen atoms in total. The summed E-state index contributed by atoms with van der Waals surface area (Å²) in [5, 5.41) is 4.31. The maximum absolute atomic E-state index is 6.25. The summed E-state index contributed by atoms with van der Waals surface area (Å²) in [7, 11) is 2.09. The average molecular weight is 281 g/mol. The van der Waals surface area contributed by atoms with Crippen LogP contribution in [0.5, 0.6) is 0 Å². The topological polar surface area (TPSA) is 24.9 Å². The van der Waals surface area contributed by atoms with Crippen LogP contribution < -0.4 is 5.32 Å². The minimum Gasteiger partial charge on any atom is -0.317 e. The van der Waals surface area contributed by atoms with E-state index < -0.39 is 0 Å². The molecular weight excluding hydrogens is 256 g/mol. The SMILES string of the molecule is CCCC1CCC(NC)C(Cc2ccncc2Cl)C1. The molecule has 0 amide bonds. The number of nitrogens with zero attached hydrogens (tertiary/aromatic N) is 1. The summed E-state index contributed by atoms with van der Waals surface area (Å²) in [6.07, 6.45) is 11.4. The molecule has 0 aromatic carbocycles. The lowest BCUT2D eigenvalue weighted by Gasteiger charge is -2.36. The standard InChI is InChI=1S/C16H25ClN2/c1-3-4-12-5-6-16(18-2)14(9-12)10-13-7-8-19-11-15(13)17/h7-8,11-12,14,16,18H,3-6,9-10H2,1-2H3. The Morgan fingerprint density at radius 1 is 1.42 bits per heavy atom. The highest BCUT2D eigenvalue weighted by molar-refractivity contribution is 6.31. The van der Waals surface area contributed by atoms with Crippen LogP contribution in [0.25, 0.3) is 0 Å². The Morgan fingerprint density at radius 3 is 2.95 bits per heavy atom. The molecule has 1 N–H and O–H groups in total. The molecule has 0 radical (unpaired) electrons. The fourth-order valence-corrected chi connectivity index (χ4v) is 3.69. The predicted molar refractivity (Wildman–Crippen MR) is 81.5 cm³/mol. The molecule has 1 aromatic heterocycles. The average Bonchev–Trinajstić information content (AvgIpc) is 2.42. The largest absolute Gasteiger partial charge is 0.317 e. The first-order chi connectivity index (χ1) is 9.24. The minimum atomic E-state index is 0.636. The molecule has 3 heteroatoms. The lowest BCUT2D eigenvalue weighted by atomic mass is 9.74. The second kappa shape index (κ2) is 7.25. The van der Waals surface area contributed by atoms with Gasteiger partial charge in [-0.15, -0.1) is 0 Å². The molecule has 1 aliphatic carbocycles. The molecule has 0 spiro atoms. The van der Waals surface area contributed by atoms with Gasteiger partial charge >= 0.3 is 0 Å². The van der Waals surface area contributed by atoms with Crippen LogP contribution in [0.15, 0.2) is 18.5 Å². The highest BCUT2D eigenvalue weighted by atomic mass is 35.5. The Bertz CT molecular complexity index is 394. The first-order valence-corrected chi connectivity index (χ1v) is 7.88. The number of pyridine rings is 1. The number of halogens is 1. The summed E-state index contributed by atoms with van der Waals surface area (Å²) in [6, 6.07) is 2.70. The van der Waals surface area contributed by atoms with Crippen molar-refractivity contribution in [3.05, 3.63) is 29.0 Å². The van der Waals surface area contributed by atoms with Crippen molar-refractivity contribution in [2.45, 2.75) is 51.5 Å². The Labute approximate surface area is 122 Å². The van der Waals surface area contributed by atoms with E-state index in [0.29, 0.717) is 12.0 Å². The van der Waals surface area contributed by atoms with Gasteiger partial charge in [-0.2, -0.15) is 0 Å². The second-order valence-corrected chi connectivity index (χ2v) is 6.20. The van der Waals surface area contributed by atoms with Crippen molar-refractivity contribution in [1.29, 1.82) is 0 Å². The fourth-order valence-electron chi connectivity index (χ4n) is 3.49. The monoisotopic (exact) mass is 280 g/mol. The third kappa shape index (κ3) is 3.93. The van der Waals surface area contributed by atoms with E-state index in [1.807, 2.05) is 6.20 Å². The zero-order valence-corrected chi connectivity index (χ0v) is 12.8. The van der Waals surface area contributed by atoms with Crippen LogP contribution in [0.1, 0.15) is 44.6 Å². The number of aromatic nitrogens is 1. The maximum Gasteiger partial charge on any atom is 0.0621 e. The first-order valence-electron chi connectivity index (χ1n) is 7.50. The summed E-state index contributed by atoms with van der Waals surface area (Å²) >= 11 is 6.25. The van der Waals surface area contributed by atoms with Crippen LogP contribution in [0.4, 0.5) is 0 Å². The molecule has 1 heterocycles.